The van der Waals surface area contributed by atoms with E-state index in [2.05, 4.69) is 56.0 Å². The topological polar surface area (TPSA) is 77.2 Å². The van der Waals surface area contributed by atoms with E-state index >= 15 is 0 Å². The van der Waals surface area contributed by atoms with E-state index in [1.165, 1.54) is 11.3 Å². The maximum Gasteiger partial charge on any atom is 0.240 e. The summed E-state index contributed by atoms with van der Waals surface area (Å²) >= 11 is 0. The van der Waals surface area contributed by atoms with Crippen LogP contribution in [0.5, 0.6) is 0 Å². The molecule has 1 amide bonds. The molecule has 28 heavy (non-hydrogen) atoms. The summed E-state index contributed by atoms with van der Waals surface area (Å²) in [7, 11) is 0. The van der Waals surface area contributed by atoms with E-state index in [1.807, 2.05) is 30.6 Å². The molecule has 4 rings (SSSR count). The van der Waals surface area contributed by atoms with Crippen LogP contribution in [0.2, 0.25) is 0 Å². The van der Waals surface area contributed by atoms with Crippen LogP contribution in [0.25, 0.3) is 11.0 Å². The van der Waals surface area contributed by atoms with Gasteiger partial charge in [0, 0.05) is 44.3 Å². The number of rotatable bonds is 5. The van der Waals surface area contributed by atoms with Gasteiger partial charge in [0.1, 0.15) is 0 Å². The van der Waals surface area contributed by atoms with Gasteiger partial charge in [0.2, 0.25) is 11.9 Å². The monoisotopic (exact) mass is 378 g/mol. The number of benzene rings is 1. The third-order valence-corrected chi connectivity index (χ3v) is 5.20. The first-order valence-corrected chi connectivity index (χ1v) is 9.75. The average Bonchev–Trinajstić information content (AvgIpc) is 3.10. The van der Waals surface area contributed by atoms with Crippen molar-refractivity contribution in [3.05, 3.63) is 48.3 Å². The molecule has 1 aliphatic heterocycles. The highest BCUT2D eigenvalue weighted by molar-refractivity contribution is 5.92. The maximum atomic E-state index is 12.4. The lowest BCUT2D eigenvalue weighted by molar-refractivity contribution is -0.117. The Hall–Kier alpha value is -2.93. The number of pyridine rings is 1. The summed E-state index contributed by atoms with van der Waals surface area (Å²) < 4.78 is 0. The summed E-state index contributed by atoms with van der Waals surface area (Å²) in [6.45, 7) is 8.21. The quantitative estimate of drug-likeness (QED) is 0.714. The van der Waals surface area contributed by atoms with Crippen molar-refractivity contribution in [2.24, 2.45) is 0 Å². The molecule has 1 aromatic carbocycles. The minimum atomic E-state index is -0.0412. The summed E-state index contributed by atoms with van der Waals surface area (Å²) in [5.74, 6) is 0.924. The fourth-order valence-electron chi connectivity index (χ4n) is 3.54. The predicted octanol–water partition coefficient (Wildman–Crippen LogP) is 2.84. The minimum absolute atomic E-state index is 0.0412. The van der Waals surface area contributed by atoms with E-state index in [4.69, 9.17) is 0 Å². The van der Waals surface area contributed by atoms with Crippen LogP contribution in [0.4, 0.5) is 11.6 Å². The number of H-pyrrole nitrogens is 1. The number of piperazine rings is 1. The second-order valence-electron chi connectivity index (χ2n) is 7.53. The maximum absolute atomic E-state index is 12.4. The number of nitrogens with one attached hydrogen (secondary N) is 2. The van der Waals surface area contributed by atoms with Crippen molar-refractivity contribution < 1.29 is 4.79 Å². The van der Waals surface area contributed by atoms with Crippen LogP contribution in [0.1, 0.15) is 25.3 Å². The molecule has 2 aromatic heterocycles. The number of hydrogen-bond donors (Lipinski definition) is 2. The Labute approximate surface area is 164 Å². The number of hydrogen-bond acceptors (Lipinski definition) is 5. The fraction of sp³-hybridized carbons (Fsp3) is 0.381. The van der Waals surface area contributed by atoms with Crippen molar-refractivity contribution in [3.8, 4) is 0 Å². The van der Waals surface area contributed by atoms with Crippen LogP contribution in [-0.4, -0.2) is 58.5 Å². The standard InChI is InChI=1S/C21H26N6O/c1-15(2)16-3-4-18-19(13-16)24-21(23-18)25-20(28)14-26-9-11-27(12-10-26)17-5-7-22-8-6-17/h3-8,13,15H,9-12,14H2,1-2H3,(H2,23,24,25,28). The molecule has 146 valence electrons. The molecule has 3 heterocycles. The largest absolute Gasteiger partial charge is 0.369 e. The molecular formula is C21H26N6O. The number of aromatic nitrogens is 3. The highest BCUT2D eigenvalue weighted by Gasteiger charge is 2.19. The van der Waals surface area contributed by atoms with Gasteiger partial charge in [-0.1, -0.05) is 19.9 Å². The third-order valence-electron chi connectivity index (χ3n) is 5.20. The van der Waals surface area contributed by atoms with Gasteiger partial charge in [-0.2, -0.15) is 0 Å². The number of nitrogens with zero attached hydrogens (tertiary/aromatic N) is 4. The van der Waals surface area contributed by atoms with Gasteiger partial charge < -0.3 is 9.88 Å². The second kappa shape index (κ2) is 7.98. The second-order valence-corrected chi connectivity index (χ2v) is 7.53. The molecule has 0 radical (unpaired) electrons. The molecule has 1 saturated heterocycles. The lowest BCUT2D eigenvalue weighted by Gasteiger charge is -2.35. The molecule has 0 aliphatic carbocycles. The zero-order valence-electron chi connectivity index (χ0n) is 16.4. The minimum Gasteiger partial charge on any atom is -0.369 e. The Bertz CT molecular complexity index is 944. The third kappa shape index (κ3) is 4.14. The zero-order chi connectivity index (χ0) is 19.5. The molecule has 0 atom stereocenters. The first-order valence-electron chi connectivity index (χ1n) is 9.75. The molecule has 1 fully saturated rings. The number of anilines is 2. The van der Waals surface area contributed by atoms with Gasteiger partial charge in [0.15, 0.2) is 0 Å². The molecule has 0 saturated carbocycles. The molecular weight excluding hydrogens is 352 g/mol. The van der Waals surface area contributed by atoms with Crippen LogP contribution in [0.15, 0.2) is 42.7 Å². The highest BCUT2D eigenvalue weighted by atomic mass is 16.2. The highest BCUT2D eigenvalue weighted by Crippen LogP contribution is 2.21. The Balaban J connectivity index is 1.32. The number of imidazole rings is 1. The molecule has 3 aromatic rings. The van der Waals surface area contributed by atoms with Crippen LogP contribution in [0, 0.1) is 0 Å². The van der Waals surface area contributed by atoms with Gasteiger partial charge in [0.05, 0.1) is 17.6 Å². The van der Waals surface area contributed by atoms with Crippen LogP contribution in [0.3, 0.4) is 0 Å². The van der Waals surface area contributed by atoms with Crippen LogP contribution < -0.4 is 10.2 Å². The first kappa shape index (κ1) is 18.4. The van der Waals surface area contributed by atoms with Crippen LogP contribution >= 0.6 is 0 Å². The van der Waals surface area contributed by atoms with Gasteiger partial charge in [-0.05, 0) is 35.7 Å². The van der Waals surface area contributed by atoms with E-state index in [1.54, 1.807) is 0 Å². The summed E-state index contributed by atoms with van der Waals surface area (Å²) in [6, 6.07) is 10.2. The normalized spacial score (nSPS) is 15.3. The molecule has 0 bridgehead atoms. The van der Waals surface area contributed by atoms with E-state index in [-0.39, 0.29) is 5.91 Å². The van der Waals surface area contributed by atoms with Gasteiger partial charge in [-0.25, -0.2) is 4.98 Å². The average molecular weight is 378 g/mol. The van der Waals surface area contributed by atoms with E-state index in [0.717, 1.165) is 37.2 Å². The number of carbonyl (C=O) groups is 1. The van der Waals surface area contributed by atoms with Crippen molar-refractivity contribution in [2.75, 3.05) is 42.9 Å². The van der Waals surface area contributed by atoms with Crippen molar-refractivity contribution in [3.63, 3.8) is 0 Å². The molecule has 0 spiro atoms. The first-order chi connectivity index (χ1) is 13.6. The van der Waals surface area contributed by atoms with Crippen molar-refractivity contribution in [1.29, 1.82) is 0 Å². The summed E-state index contributed by atoms with van der Waals surface area (Å²) in [5.41, 5.74) is 4.25. The molecule has 7 nitrogen and oxygen atoms in total. The SMILES string of the molecule is CC(C)c1ccc2nc(NC(=O)CN3CCN(c4ccncc4)CC3)[nH]c2c1. The van der Waals surface area contributed by atoms with E-state index < -0.39 is 0 Å². The molecule has 1 aliphatic rings. The Morgan fingerprint density at radius 2 is 1.89 bits per heavy atom. The van der Waals surface area contributed by atoms with E-state index in [9.17, 15) is 4.79 Å². The lowest BCUT2D eigenvalue weighted by Crippen LogP contribution is -2.48. The smallest absolute Gasteiger partial charge is 0.240 e. The molecule has 0 unspecified atom stereocenters. The van der Waals surface area contributed by atoms with Crippen molar-refractivity contribution >= 4 is 28.6 Å². The number of amides is 1. The summed E-state index contributed by atoms with van der Waals surface area (Å²) in [5, 5.41) is 2.90. The Kier molecular flexibility index (Phi) is 5.25. The number of fused-ring (bicyclic) bond motifs is 1. The summed E-state index contributed by atoms with van der Waals surface area (Å²) in [6.07, 6.45) is 3.62. The van der Waals surface area contributed by atoms with Gasteiger partial charge in [0.25, 0.3) is 0 Å². The van der Waals surface area contributed by atoms with Gasteiger partial charge in [-0.15, -0.1) is 0 Å². The fourth-order valence-corrected chi connectivity index (χ4v) is 3.54. The number of aromatic amines is 1. The van der Waals surface area contributed by atoms with Gasteiger partial charge in [-0.3, -0.25) is 20.0 Å². The zero-order valence-corrected chi connectivity index (χ0v) is 16.4. The molecule has 7 heteroatoms. The van der Waals surface area contributed by atoms with E-state index in [0.29, 0.717) is 18.4 Å². The summed E-state index contributed by atoms with van der Waals surface area (Å²) in [4.78, 5) is 28.7. The van der Waals surface area contributed by atoms with Crippen LogP contribution in [-0.2, 0) is 4.79 Å². The number of carbonyl (C=O) groups excluding carboxylic acids is 1. The predicted molar refractivity (Wildman–Crippen MR) is 112 cm³/mol. The lowest BCUT2D eigenvalue weighted by atomic mass is 10.0. The Morgan fingerprint density at radius 1 is 1.14 bits per heavy atom. The van der Waals surface area contributed by atoms with Crippen molar-refractivity contribution in [1.82, 2.24) is 19.9 Å². The van der Waals surface area contributed by atoms with Gasteiger partial charge >= 0.3 is 0 Å². The van der Waals surface area contributed by atoms with Crippen molar-refractivity contribution in [2.45, 2.75) is 19.8 Å². The Morgan fingerprint density at radius 3 is 2.61 bits per heavy atom. The molecule has 2 N–H and O–H groups in total.